The monoisotopic (exact) mass is 277 g/mol. The Morgan fingerprint density at radius 3 is 2.30 bits per heavy atom. The van der Waals surface area contributed by atoms with Crippen LogP contribution in [-0.2, 0) is 0 Å². The van der Waals surface area contributed by atoms with Gasteiger partial charge in [0.2, 0.25) is 0 Å². The number of amides is 3. The van der Waals surface area contributed by atoms with Crippen molar-refractivity contribution in [3.8, 4) is 0 Å². The molecule has 0 atom stereocenters. The summed E-state index contributed by atoms with van der Waals surface area (Å²) in [7, 11) is 0. The van der Waals surface area contributed by atoms with Gasteiger partial charge in [-0.1, -0.05) is 19.8 Å². The maximum absolute atomic E-state index is 11.6. The summed E-state index contributed by atoms with van der Waals surface area (Å²) in [4.78, 5) is 23.2. The quantitative estimate of drug-likeness (QED) is 0.671. The predicted molar refractivity (Wildman–Crippen MR) is 81.0 cm³/mol. The van der Waals surface area contributed by atoms with Crippen LogP contribution in [0.3, 0.4) is 0 Å². The second kappa shape index (κ2) is 8.96. The first kappa shape index (κ1) is 16.0. The van der Waals surface area contributed by atoms with Crippen LogP contribution >= 0.6 is 0 Å². The van der Waals surface area contributed by atoms with Crippen molar-refractivity contribution in [2.24, 2.45) is 0 Å². The average Bonchev–Trinajstić information content (AvgIpc) is 2.45. The molecule has 5 nitrogen and oxygen atoms in total. The molecule has 3 N–H and O–H groups in total. The van der Waals surface area contributed by atoms with Crippen LogP contribution in [0.2, 0.25) is 0 Å². The zero-order valence-corrected chi connectivity index (χ0v) is 12.2. The van der Waals surface area contributed by atoms with E-state index in [0.717, 1.165) is 19.3 Å². The fraction of sp³-hybridized carbons (Fsp3) is 0.467. The van der Waals surface area contributed by atoms with Crippen molar-refractivity contribution in [2.75, 3.05) is 18.4 Å². The van der Waals surface area contributed by atoms with Gasteiger partial charge in [-0.2, -0.15) is 0 Å². The number of nitrogens with one attached hydrogen (secondary N) is 3. The van der Waals surface area contributed by atoms with Gasteiger partial charge in [0.1, 0.15) is 0 Å². The molecule has 0 aromatic heterocycles. The second-order valence-electron chi connectivity index (χ2n) is 4.52. The van der Waals surface area contributed by atoms with Crippen molar-refractivity contribution in [2.45, 2.75) is 33.1 Å². The highest BCUT2D eigenvalue weighted by Crippen LogP contribution is 2.09. The number of carbonyl (C=O) groups excluding carboxylic acids is 2. The summed E-state index contributed by atoms with van der Waals surface area (Å²) in [5, 5.41) is 8.25. The van der Waals surface area contributed by atoms with Gasteiger partial charge in [0.05, 0.1) is 0 Å². The molecule has 5 heteroatoms. The molecule has 0 bridgehead atoms. The van der Waals surface area contributed by atoms with E-state index in [0.29, 0.717) is 24.3 Å². The molecule has 0 aliphatic carbocycles. The number of benzene rings is 1. The van der Waals surface area contributed by atoms with Crippen molar-refractivity contribution in [3.63, 3.8) is 0 Å². The minimum atomic E-state index is -0.216. The summed E-state index contributed by atoms with van der Waals surface area (Å²) in [5.74, 6) is -0.108. The third kappa shape index (κ3) is 5.73. The lowest BCUT2D eigenvalue weighted by molar-refractivity contribution is 0.0956. The highest BCUT2D eigenvalue weighted by molar-refractivity contribution is 5.95. The van der Waals surface area contributed by atoms with Crippen LogP contribution < -0.4 is 16.0 Å². The number of unbranched alkanes of at least 4 members (excludes halogenated alkanes) is 2. The normalized spacial score (nSPS) is 9.90. The summed E-state index contributed by atoms with van der Waals surface area (Å²) in [6.45, 7) is 5.27. The molecule has 1 aromatic rings. The Morgan fingerprint density at radius 1 is 1.00 bits per heavy atom. The Bertz CT molecular complexity index is 429. The SMILES string of the molecule is CCCCCNC(=O)Nc1ccc(C(=O)NCC)cc1. The van der Waals surface area contributed by atoms with E-state index >= 15 is 0 Å². The number of hydrogen-bond acceptors (Lipinski definition) is 2. The summed E-state index contributed by atoms with van der Waals surface area (Å²) in [6, 6.07) is 6.61. The largest absolute Gasteiger partial charge is 0.352 e. The highest BCUT2D eigenvalue weighted by atomic mass is 16.2. The first-order valence-corrected chi connectivity index (χ1v) is 7.10. The fourth-order valence-electron chi connectivity index (χ4n) is 1.72. The molecular weight excluding hydrogens is 254 g/mol. The Hall–Kier alpha value is -2.04. The minimum absolute atomic E-state index is 0.108. The maximum Gasteiger partial charge on any atom is 0.319 e. The zero-order chi connectivity index (χ0) is 14.8. The van der Waals surface area contributed by atoms with E-state index in [-0.39, 0.29) is 11.9 Å². The first-order valence-electron chi connectivity index (χ1n) is 7.10. The van der Waals surface area contributed by atoms with Gasteiger partial charge in [-0.3, -0.25) is 4.79 Å². The number of urea groups is 1. The van der Waals surface area contributed by atoms with Crippen molar-refractivity contribution in [1.82, 2.24) is 10.6 Å². The van der Waals surface area contributed by atoms with Crippen molar-refractivity contribution >= 4 is 17.6 Å². The van der Waals surface area contributed by atoms with Crippen molar-refractivity contribution in [1.29, 1.82) is 0 Å². The predicted octanol–water partition coefficient (Wildman–Crippen LogP) is 2.75. The van der Waals surface area contributed by atoms with E-state index in [4.69, 9.17) is 0 Å². The third-order valence-electron chi connectivity index (χ3n) is 2.81. The lowest BCUT2D eigenvalue weighted by atomic mass is 10.2. The molecule has 0 aliphatic heterocycles. The second-order valence-corrected chi connectivity index (χ2v) is 4.52. The summed E-state index contributed by atoms with van der Waals surface area (Å²) in [6.07, 6.45) is 3.23. The Morgan fingerprint density at radius 2 is 1.70 bits per heavy atom. The van der Waals surface area contributed by atoms with Crippen molar-refractivity contribution < 1.29 is 9.59 Å². The number of carbonyl (C=O) groups is 2. The first-order chi connectivity index (χ1) is 9.67. The number of hydrogen-bond donors (Lipinski definition) is 3. The van der Waals surface area contributed by atoms with Gasteiger partial charge in [-0.15, -0.1) is 0 Å². The molecule has 110 valence electrons. The van der Waals surface area contributed by atoms with Crippen LogP contribution in [0.25, 0.3) is 0 Å². The molecular formula is C15H23N3O2. The topological polar surface area (TPSA) is 70.2 Å². The van der Waals surface area contributed by atoms with Gasteiger partial charge < -0.3 is 16.0 Å². The molecule has 1 rings (SSSR count). The molecule has 0 spiro atoms. The molecule has 0 saturated heterocycles. The number of rotatable bonds is 7. The van der Waals surface area contributed by atoms with E-state index in [1.807, 2.05) is 6.92 Å². The summed E-state index contributed by atoms with van der Waals surface area (Å²) in [5.41, 5.74) is 1.26. The lowest BCUT2D eigenvalue weighted by Crippen LogP contribution is -2.29. The lowest BCUT2D eigenvalue weighted by Gasteiger charge is -2.08. The smallest absolute Gasteiger partial charge is 0.319 e. The minimum Gasteiger partial charge on any atom is -0.352 e. The molecule has 3 amide bonds. The zero-order valence-electron chi connectivity index (χ0n) is 12.2. The molecule has 0 radical (unpaired) electrons. The standard InChI is InChI=1S/C15H23N3O2/c1-3-5-6-11-17-15(20)18-13-9-7-12(8-10-13)14(19)16-4-2/h7-10H,3-6,11H2,1-2H3,(H,16,19)(H2,17,18,20). The van der Waals surface area contributed by atoms with Crippen LogP contribution in [0.4, 0.5) is 10.5 Å². The Labute approximate surface area is 120 Å². The fourth-order valence-corrected chi connectivity index (χ4v) is 1.72. The molecule has 0 unspecified atom stereocenters. The van der Waals surface area contributed by atoms with Crippen molar-refractivity contribution in [3.05, 3.63) is 29.8 Å². The van der Waals surface area contributed by atoms with E-state index in [1.54, 1.807) is 24.3 Å². The van der Waals surface area contributed by atoms with E-state index in [1.165, 1.54) is 0 Å². The van der Waals surface area contributed by atoms with Crippen LogP contribution in [0, 0.1) is 0 Å². The highest BCUT2D eigenvalue weighted by Gasteiger charge is 2.05. The molecule has 0 saturated carbocycles. The van der Waals surface area contributed by atoms with Crippen LogP contribution in [0.15, 0.2) is 24.3 Å². The molecule has 0 fully saturated rings. The third-order valence-corrected chi connectivity index (χ3v) is 2.81. The van der Waals surface area contributed by atoms with Gasteiger partial charge in [0.15, 0.2) is 0 Å². The van der Waals surface area contributed by atoms with Gasteiger partial charge in [-0.05, 0) is 37.6 Å². The van der Waals surface area contributed by atoms with Crippen LogP contribution in [0.1, 0.15) is 43.5 Å². The summed E-state index contributed by atoms with van der Waals surface area (Å²) >= 11 is 0. The Kier molecular flexibility index (Phi) is 7.17. The van der Waals surface area contributed by atoms with Crippen LogP contribution in [0.5, 0.6) is 0 Å². The maximum atomic E-state index is 11.6. The van der Waals surface area contributed by atoms with E-state index in [2.05, 4.69) is 22.9 Å². The molecule has 0 aliphatic rings. The Balaban J connectivity index is 2.41. The van der Waals surface area contributed by atoms with E-state index in [9.17, 15) is 9.59 Å². The number of anilines is 1. The molecule has 1 aromatic carbocycles. The van der Waals surface area contributed by atoms with Gasteiger partial charge in [0, 0.05) is 24.3 Å². The molecule has 20 heavy (non-hydrogen) atoms. The van der Waals surface area contributed by atoms with Gasteiger partial charge >= 0.3 is 6.03 Å². The molecule has 0 heterocycles. The van der Waals surface area contributed by atoms with Crippen LogP contribution in [-0.4, -0.2) is 25.0 Å². The average molecular weight is 277 g/mol. The van der Waals surface area contributed by atoms with E-state index < -0.39 is 0 Å². The summed E-state index contributed by atoms with van der Waals surface area (Å²) < 4.78 is 0. The van der Waals surface area contributed by atoms with Gasteiger partial charge in [0.25, 0.3) is 5.91 Å². The van der Waals surface area contributed by atoms with Gasteiger partial charge in [-0.25, -0.2) is 4.79 Å².